The van der Waals surface area contributed by atoms with Crippen molar-refractivity contribution >= 4 is 66.4 Å². The molecule has 0 amide bonds. The molecule has 12 aromatic rings. The van der Waals surface area contributed by atoms with E-state index in [4.69, 9.17) is 6.85 Å². The van der Waals surface area contributed by atoms with Gasteiger partial charge in [-0.3, -0.25) is 0 Å². The predicted octanol–water partition coefficient (Wildman–Crippen LogP) is 18.3. The second kappa shape index (κ2) is 16.9. The highest BCUT2D eigenvalue weighted by molar-refractivity contribution is 6.11. The first-order chi connectivity index (χ1) is 36.7. The minimum Gasteiger partial charge on any atom is -0.310 e. The van der Waals surface area contributed by atoms with Crippen molar-refractivity contribution < 1.29 is 11.2 Å². The van der Waals surface area contributed by atoms with Crippen LogP contribution in [-0.4, -0.2) is 0 Å². The van der Waals surface area contributed by atoms with Crippen LogP contribution < -0.4 is 9.80 Å². The third kappa shape index (κ3) is 6.77. The first kappa shape index (κ1) is 36.1. The predicted molar refractivity (Wildman–Crippen MR) is 291 cm³/mol. The molecule has 330 valence electrons. The van der Waals surface area contributed by atoms with Crippen molar-refractivity contribution in [3.05, 3.63) is 301 Å². The van der Waals surface area contributed by atoms with E-state index in [1.807, 2.05) is 84.9 Å². The van der Waals surface area contributed by atoms with Crippen LogP contribution in [0.3, 0.4) is 0 Å². The molecule has 0 aromatic heterocycles. The number of halogens is 1. The van der Waals surface area contributed by atoms with Gasteiger partial charge in [0.2, 0.25) is 0 Å². The average Bonchev–Trinajstić information content (AvgIpc) is 3.86. The highest BCUT2D eigenvalue weighted by Crippen LogP contribution is 2.60. The number of anilines is 6. The minimum atomic E-state index is -0.812. The standard InChI is InChI=1S/C67H45FN2/c68-54-33-39-57(40-34-54)70(59-38-31-47-17-11-13-19-50(47)43-59)65-45-64-66(61-27-15-14-26-60(61)65)62-41-32-51(44-63(62)67(64,52-20-4-1-5-21-52)53-22-6-2-7-23-53)48-28-35-56(36-29-48)69(55-24-8-3-9-25-55)58-37-30-46-16-10-12-18-49(46)42-58/h1-45H/i3D,8D,9D,24D,25D. The van der Waals surface area contributed by atoms with Crippen LogP contribution in [0.4, 0.5) is 38.5 Å². The molecular formula is C67H45FN2. The van der Waals surface area contributed by atoms with Crippen LogP contribution in [0.25, 0.3) is 54.6 Å². The van der Waals surface area contributed by atoms with Crippen LogP contribution >= 0.6 is 0 Å². The van der Waals surface area contributed by atoms with E-state index >= 15 is 0 Å². The van der Waals surface area contributed by atoms with E-state index in [0.717, 1.165) is 93.9 Å². The average molecular weight is 902 g/mol. The molecule has 0 atom stereocenters. The Morgan fingerprint density at radius 1 is 0.357 bits per heavy atom. The normalized spacial score (nSPS) is 13.5. The van der Waals surface area contributed by atoms with Crippen molar-refractivity contribution in [3.8, 4) is 22.3 Å². The van der Waals surface area contributed by atoms with Gasteiger partial charge in [0, 0.05) is 33.8 Å². The van der Waals surface area contributed by atoms with Crippen molar-refractivity contribution in [2.45, 2.75) is 5.41 Å². The van der Waals surface area contributed by atoms with Gasteiger partial charge in [0.05, 0.1) is 18.0 Å². The van der Waals surface area contributed by atoms with Crippen LogP contribution in [0.2, 0.25) is 0 Å². The summed E-state index contributed by atoms with van der Waals surface area (Å²) < 4.78 is 58.7. The molecule has 0 saturated carbocycles. The lowest BCUT2D eigenvalue weighted by molar-refractivity contribution is 0.628. The van der Waals surface area contributed by atoms with Gasteiger partial charge >= 0.3 is 0 Å². The Kier molecular flexibility index (Phi) is 8.72. The van der Waals surface area contributed by atoms with Gasteiger partial charge < -0.3 is 9.80 Å². The molecule has 0 aliphatic heterocycles. The fourth-order valence-electron chi connectivity index (χ4n) is 10.9. The van der Waals surface area contributed by atoms with E-state index in [1.165, 1.54) is 12.1 Å². The lowest BCUT2D eigenvalue weighted by atomic mass is 9.67. The molecule has 0 bridgehead atoms. The van der Waals surface area contributed by atoms with Crippen LogP contribution in [0.1, 0.15) is 29.1 Å². The van der Waals surface area contributed by atoms with Gasteiger partial charge in [-0.15, -0.1) is 0 Å². The Bertz CT molecular complexity index is 4140. The van der Waals surface area contributed by atoms with E-state index in [0.29, 0.717) is 11.4 Å². The van der Waals surface area contributed by atoms with Gasteiger partial charge in [0.25, 0.3) is 0 Å². The quantitative estimate of drug-likeness (QED) is 0.142. The number of nitrogens with zero attached hydrogens (tertiary/aromatic N) is 2. The number of fused-ring (bicyclic) bond motifs is 7. The van der Waals surface area contributed by atoms with Crippen LogP contribution in [0.15, 0.2) is 273 Å². The fraction of sp³-hybridized carbons (Fsp3) is 0.0149. The van der Waals surface area contributed by atoms with Crippen molar-refractivity contribution in [2.24, 2.45) is 0 Å². The molecule has 0 spiro atoms. The van der Waals surface area contributed by atoms with Crippen LogP contribution in [0, 0.1) is 5.82 Å². The van der Waals surface area contributed by atoms with Crippen LogP contribution in [-0.2, 0) is 5.41 Å². The van der Waals surface area contributed by atoms with E-state index in [2.05, 4.69) is 150 Å². The van der Waals surface area contributed by atoms with Gasteiger partial charge in [-0.25, -0.2) is 4.39 Å². The van der Waals surface area contributed by atoms with Gasteiger partial charge in [-0.2, -0.15) is 0 Å². The summed E-state index contributed by atoms with van der Waals surface area (Å²) in [6, 6.07) is 80.9. The SMILES string of the molecule is [2H]c1c([2H])c([2H])c(N(c2ccc(-c3ccc4c(c3)C(c3ccccc3)(c3ccccc3)c3cc(N(c5ccc(F)cc5)c5ccc6ccccc6c5)c5ccccc5c3-4)cc2)c2ccc3ccccc3c2)c([2H])c1[2H]. The maximum atomic E-state index is 14.8. The summed E-state index contributed by atoms with van der Waals surface area (Å²) in [6.45, 7) is 0. The number of benzene rings is 12. The summed E-state index contributed by atoms with van der Waals surface area (Å²) in [7, 11) is 0. The van der Waals surface area contributed by atoms with E-state index in [-0.39, 0.29) is 23.6 Å². The van der Waals surface area contributed by atoms with Gasteiger partial charge in [-0.05, 0) is 156 Å². The Morgan fingerprint density at radius 3 is 1.49 bits per heavy atom. The Labute approximate surface area is 414 Å². The lowest BCUT2D eigenvalue weighted by Gasteiger charge is -2.35. The second-order valence-electron chi connectivity index (χ2n) is 17.8. The maximum absolute atomic E-state index is 14.8. The summed E-state index contributed by atoms with van der Waals surface area (Å²) in [4.78, 5) is 4.03. The Balaban J connectivity index is 1.03. The highest BCUT2D eigenvalue weighted by Gasteiger charge is 2.47. The van der Waals surface area contributed by atoms with Gasteiger partial charge in [0.1, 0.15) is 5.82 Å². The largest absolute Gasteiger partial charge is 0.310 e. The molecule has 0 fully saturated rings. The third-order valence-corrected chi connectivity index (χ3v) is 14.0. The molecule has 13 rings (SSSR count). The topological polar surface area (TPSA) is 6.48 Å². The molecule has 0 saturated heterocycles. The summed E-state index contributed by atoms with van der Waals surface area (Å²) >= 11 is 0. The van der Waals surface area contributed by atoms with Crippen molar-refractivity contribution in [3.63, 3.8) is 0 Å². The molecule has 3 heteroatoms. The number of hydrogen-bond donors (Lipinski definition) is 0. The Hall–Kier alpha value is -9.05. The smallest absolute Gasteiger partial charge is 0.123 e. The lowest BCUT2D eigenvalue weighted by Crippen LogP contribution is -2.29. The van der Waals surface area contributed by atoms with Gasteiger partial charge in [0.15, 0.2) is 0 Å². The summed E-state index contributed by atoms with van der Waals surface area (Å²) in [5, 5.41) is 6.35. The molecule has 1 aliphatic carbocycles. The molecule has 0 heterocycles. The number of hydrogen-bond acceptors (Lipinski definition) is 2. The van der Waals surface area contributed by atoms with E-state index in [1.54, 1.807) is 4.90 Å². The highest BCUT2D eigenvalue weighted by atomic mass is 19.1. The molecule has 1 aliphatic rings. The maximum Gasteiger partial charge on any atom is 0.123 e. The molecule has 0 radical (unpaired) electrons. The zero-order chi connectivity index (χ0) is 51.0. The molecule has 0 unspecified atom stereocenters. The zero-order valence-electron chi connectivity index (χ0n) is 42.9. The summed E-state index contributed by atoms with van der Waals surface area (Å²) in [5.74, 6) is -0.305. The first-order valence-electron chi connectivity index (χ1n) is 26.0. The number of rotatable bonds is 9. The minimum absolute atomic E-state index is 0.0695. The van der Waals surface area contributed by atoms with E-state index < -0.39 is 23.5 Å². The molecule has 70 heavy (non-hydrogen) atoms. The first-order valence-corrected chi connectivity index (χ1v) is 23.5. The second-order valence-corrected chi connectivity index (χ2v) is 17.8. The van der Waals surface area contributed by atoms with Crippen molar-refractivity contribution in [2.75, 3.05) is 9.80 Å². The van der Waals surface area contributed by atoms with Crippen molar-refractivity contribution in [1.82, 2.24) is 0 Å². The Morgan fingerprint density at radius 2 is 0.857 bits per heavy atom. The van der Waals surface area contributed by atoms with Crippen molar-refractivity contribution in [1.29, 1.82) is 0 Å². The molecule has 2 nitrogen and oxygen atoms in total. The molecule has 0 N–H and O–H groups in total. The fourth-order valence-corrected chi connectivity index (χ4v) is 10.9. The third-order valence-electron chi connectivity index (χ3n) is 14.0. The molecular weight excluding hydrogens is 852 g/mol. The molecule has 12 aromatic carbocycles. The zero-order valence-corrected chi connectivity index (χ0v) is 37.9. The van der Waals surface area contributed by atoms with E-state index in [9.17, 15) is 4.39 Å². The summed E-state index contributed by atoms with van der Waals surface area (Å²) in [6.07, 6.45) is 0. The van der Waals surface area contributed by atoms with Crippen LogP contribution in [0.5, 0.6) is 0 Å². The monoisotopic (exact) mass is 901 g/mol. The number of para-hydroxylation sites is 1. The summed E-state index contributed by atoms with van der Waals surface area (Å²) in [5.41, 5.74) is 11.9. The van der Waals surface area contributed by atoms with Gasteiger partial charge in [-0.1, -0.05) is 188 Å².